The number of benzene rings is 1. The topological polar surface area (TPSA) is 35.8 Å². The first-order chi connectivity index (χ1) is 9.61. The maximum atomic E-state index is 9.29. The van der Waals surface area contributed by atoms with E-state index in [2.05, 4.69) is 23.5 Å². The Balaban J connectivity index is 1.63. The van der Waals surface area contributed by atoms with Crippen molar-refractivity contribution in [3.63, 3.8) is 0 Å². The van der Waals surface area contributed by atoms with Crippen molar-refractivity contribution in [1.29, 1.82) is 5.26 Å². The Labute approximate surface area is 130 Å². The number of nitrogens with one attached hydrogen (secondary N) is 1. The summed E-state index contributed by atoms with van der Waals surface area (Å²) in [6, 6.07) is 11.0. The third-order valence-electron chi connectivity index (χ3n) is 3.50. The molecule has 2 rings (SSSR count). The van der Waals surface area contributed by atoms with E-state index in [0.717, 1.165) is 30.0 Å². The highest BCUT2D eigenvalue weighted by Crippen LogP contribution is 2.26. The first-order valence-corrected chi connectivity index (χ1v) is 8.55. The predicted octanol–water partition coefficient (Wildman–Crippen LogP) is 4.64. The standard InChI is InChI=1S/C16H21ClN2S/c1-16(12-18,19-14-6-7-14)10-2-3-11-20-15-8-4-13(17)5-9-15/h4-5,8-9,14,19H,2-3,6-7,10-11H2,1H3. The molecular formula is C16H21ClN2S. The van der Waals surface area contributed by atoms with Gasteiger partial charge in [-0.25, -0.2) is 0 Å². The van der Waals surface area contributed by atoms with Crippen LogP contribution in [0.15, 0.2) is 29.2 Å². The monoisotopic (exact) mass is 308 g/mol. The van der Waals surface area contributed by atoms with Gasteiger partial charge in [-0.05, 0) is 69.0 Å². The minimum absolute atomic E-state index is 0.341. The molecule has 0 aromatic heterocycles. The molecule has 0 spiro atoms. The number of unbranched alkanes of at least 4 members (excludes halogenated alkanes) is 1. The molecule has 108 valence electrons. The van der Waals surface area contributed by atoms with Crippen molar-refractivity contribution in [3.05, 3.63) is 29.3 Å². The number of thioether (sulfide) groups is 1. The van der Waals surface area contributed by atoms with Crippen molar-refractivity contribution in [1.82, 2.24) is 5.32 Å². The summed E-state index contributed by atoms with van der Waals surface area (Å²) in [4.78, 5) is 1.26. The maximum absolute atomic E-state index is 9.29. The Morgan fingerprint density at radius 2 is 2.05 bits per heavy atom. The zero-order valence-electron chi connectivity index (χ0n) is 11.9. The average molecular weight is 309 g/mol. The van der Waals surface area contributed by atoms with E-state index in [1.54, 1.807) is 0 Å². The number of nitriles is 1. The lowest BCUT2D eigenvalue weighted by molar-refractivity contribution is 0.402. The molecule has 4 heteroatoms. The third kappa shape index (κ3) is 5.36. The van der Waals surface area contributed by atoms with Crippen molar-refractivity contribution in [2.75, 3.05) is 5.75 Å². The summed E-state index contributed by atoms with van der Waals surface area (Å²) in [5.74, 6) is 1.09. The van der Waals surface area contributed by atoms with Gasteiger partial charge in [-0.15, -0.1) is 11.8 Å². The highest BCUT2D eigenvalue weighted by molar-refractivity contribution is 7.99. The molecule has 20 heavy (non-hydrogen) atoms. The Morgan fingerprint density at radius 3 is 2.65 bits per heavy atom. The summed E-state index contributed by atoms with van der Waals surface area (Å²) in [6.45, 7) is 2.03. The SMILES string of the molecule is CC(C#N)(CCCCSc1ccc(Cl)cc1)NC1CC1. The first kappa shape index (κ1) is 15.7. The number of hydrogen-bond acceptors (Lipinski definition) is 3. The zero-order chi connectivity index (χ0) is 14.4. The van der Waals surface area contributed by atoms with E-state index in [9.17, 15) is 5.26 Å². The molecule has 0 aliphatic heterocycles. The molecule has 1 atom stereocenters. The van der Waals surface area contributed by atoms with Gasteiger partial charge in [-0.2, -0.15) is 5.26 Å². The lowest BCUT2D eigenvalue weighted by Crippen LogP contribution is -2.42. The van der Waals surface area contributed by atoms with Gasteiger partial charge >= 0.3 is 0 Å². The van der Waals surface area contributed by atoms with Crippen LogP contribution in [0, 0.1) is 11.3 Å². The normalized spacial score (nSPS) is 17.4. The Bertz CT molecular complexity index is 464. The van der Waals surface area contributed by atoms with Crippen molar-refractivity contribution >= 4 is 23.4 Å². The summed E-state index contributed by atoms with van der Waals surface area (Å²) >= 11 is 7.71. The zero-order valence-corrected chi connectivity index (χ0v) is 13.4. The number of hydrogen-bond donors (Lipinski definition) is 1. The molecule has 0 amide bonds. The van der Waals surface area contributed by atoms with E-state index in [0.29, 0.717) is 6.04 Å². The molecule has 1 aliphatic carbocycles. The highest BCUT2D eigenvalue weighted by Gasteiger charge is 2.31. The molecular weight excluding hydrogens is 288 g/mol. The van der Waals surface area contributed by atoms with E-state index in [4.69, 9.17) is 11.6 Å². The Morgan fingerprint density at radius 1 is 1.35 bits per heavy atom. The van der Waals surface area contributed by atoms with Crippen molar-refractivity contribution in [3.8, 4) is 6.07 Å². The Kier molecular flexibility index (Phi) is 5.77. The average Bonchev–Trinajstić information content (AvgIpc) is 3.24. The molecule has 1 N–H and O–H groups in total. The fraction of sp³-hybridized carbons (Fsp3) is 0.562. The fourth-order valence-electron chi connectivity index (χ4n) is 2.14. The second-order valence-electron chi connectivity index (χ2n) is 5.62. The highest BCUT2D eigenvalue weighted by atomic mass is 35.5. The molecule has 1 aliphatic rings. The van der Waals surface area contributed by atoms with Crippen LogP contribution in [0.25, 0.3) is 0 Å². The molecule has 0 heterocycles. The fourth-order valence-corrected chi connectivity index (χ4v) is 3.18. The first-order valence-electron chi connectivity index (χ1n) is 7.19. The molecule has 0 radical (unpaired) electrons. The third-order valence-corrected chi connectivity index (χ3v) is 4.85. The van der Waals surface area contributed by atoms with Gasteiger partial charge < -0.3 is 0 Å². The van der Waals surface area contributed by atoms with Crippen LogP contribution < -0.4 is 5.32 Å². The van der Waals surface area contributed by atoms with E-state index < -0.39 is 0 Å². The minimum atomic E-state index is -0.341. The molecule has 1 fully saturated rings. The van der Waals surface area contributed by atoms with Crippen LogP contribution in [0.3, 0.4) is 0 Å². The van der Waals surface area contributed by atoms with Crippen LogP contribution >= 0.6 is 23.4 Å². The van der Waals surface area contributed by atoms with Crippen molar-refractivity contribution in [2.45, 2.75) is 55.5 Å². The number of nitrogens with zero attached hydrogens (tertiary/aromatic N) is 1. The van der Waals surface area contributed by atoms with Gasteiger partial charge in [0.25, 0.3) is 0 Å². The molecule has 1 saturated carbocycles. The van der Waals surface area contributed by atoms with Crippen LogP contribution in [0.1, 0.15) is 39.0 Å². The van der Waals surface area contributed by atoms with Crippen LogP contribution in [-0.2, 0) is 0 Å². The van der Waals surface area contributed by atoms with Crippen LogP contribution in [0.5, 0.6) is 0 Å². The van der Waals surface area contributed by atoms with Crippen LogP contribution in [-0.4, -0.2) is 17.3 Å². The van der Waals surface area contributed by atoms with Crippen LogP contribution in [0.4, 0.5) is 0 Å². The smallest absolute Gasteiger partial charge is 0.104 e. The van der Waals surface area contributed by atoms with Gasteiger partial charge in [0.1, 0.15) is 5.54 Å². The van der Waals surface area contributed by atoms with Crippen molar-refractivity contribution in [2.24, 2.45) is 0 Å². The van der Waals surface area contributed by atoms with Gasteiger partial charge in [0.2, 0.25) is 0 Å². The summed E-state index contributed by atoms with van der Waals surface area (Å²) in [6.07, 6.45) is 5.61. The number of rotatable bonds is 8. The largest absolute Gasteiger partial charge is 0.297 e. The lowest BCUT2D eigenvalue weighted by Gasteiger charge is -2.23. The molecule has 1 aromatic rings. The molecule has 2 nitrogen and oxygen atoms in total. The molecule has 1 aromatic carbocycles. The van der Waals surface area contributed by atoms with Gasteiger partial charge in [0.15, 0.2) is 0 Å². The van der Waals surface area contributed by atoms with Gasteiger partial charge in [0, 0.05) is 16.0 Å². The summed E-state index contributed by atoms with van der Waals surface area (Å²) < 4.78 is 0. The van der Waals surface area contributed by atoms with Gasteiger partial charge in [0.05, 0.1) is 6.07 Å². The predicted molar refractivity (Wildman–Crippen MR) is 86.2 cm³/mol. The molecule has 0 saturated heterocycles. The van der Waals surface area contributed by atoms with E-state index >= 15 is 0 Å². The maximum Gasteiger partial charge on any atom is 0.104 e. The summed E-state index contributed by atoms with van der Waals surface area (Å²) in [7, 11) is 0. The van der Waals surface area contributed by atoms with E-state index in [1.165, 1.54) is 17.7 Å². The summed E-state index contributed by atoms with van der Waals surface area (Å²) in [5, 5.41) is 13.5. The minimum Gasteiger partial charge on any atom is -0.297 e. The van der Waals surface area contributed by atoms with E-state index in [-0.39, 0.29) is 5.54 Å². The van der Waals surface area contributed by atoms with Crippen LogP contribution in [0.2, 0.25) is 5.02 Å². The van der Waals surface area contributed by atoms with Gasteiger partial charge in [-0.3, -0.25) is 5.32 Å². The quantitative estimate of drug-likeness (QED) is 0.561. The van der Waals surface area contributed by atoms with Gasteiger partial charge in [-0.1, -0.05) is 11.6 Å². The lowest BCUT2D eigenvalue weighted by atomic mass is 9.96. The van der Waals surface area contributed by atoms with E-state index in [1.807, 2.05) is 30.8 Å². The Hall–Kier alpha value is -0.690. The second-order valence-corrected chi connectivity index (χ2v) is 7.23. The van der Waals surface area contributed by atoms with Crippen molar-refractivity contribution < 1.29 is 0 Å². The molecule has 0 bridgehead atoms. The molecule has 1 unspecified atom stereocenters. The summed E-state index contributed by atoms with van der Waals surface area (Å²) in [5.41, 5.74) is -0.341. The second kappa shape index (κ2) is 7.36. The number of halogens is 1.